The number of cyclic esters (lactones) is 1. The first kappa shape index (κ1) is 55.6. The lowest BCUT2D eigenvalue weighted by Gasteiger charge is -2.31. The highest BCUT2D eigenvalue weighted by Crippen LogP contribution is 2.46. The van der Waals surface area contributed by atoms with Crippen molar-refractivity contribution in [2.24, 2.45) is 0 Å². The Morgan fingerprint density at radius 1 is 0.859 bits per heavy atom. The molecule has 410 valence electrons. The van der Waals surface area contributed by atoms with Crippen LogP contribution in [0.2, 0.25) is 0 Å². The van der Waals surface area contributed by atoms with Crippen molar-refractivity contribution in [2.45, 2.75) is 116 Å². The van der Waals surface area contributed by atoms with Gasteiger partial charge < -0.3 is 51.0 Å². The topological polar surface area (TPSA) is 320 Å². The minimum atomic E-state index is -2.08. The van der Waals surface area contributed by atoms with Gasteiger partial charge in [-0.3, -0.25) is 52.8 Å². The molecule has 0 fully saturated rings. The summed E-state index contributed by atoms with van der Waals surface area (Å²) < 4.78 is 27.4. The van der Waals surface area contributed by atoms with Gasteiger partial charge in [-0.1, -0.05) is 37.3 Å². The molecule has 5 heterocycles. The second kappa shape index (κ2) is 22.5. The van der Waals surface area contributed by atoms with E-state index < -0.39 is 132 Å². The molecule has 0 radical (unpaired) electrons. The van der Waals surface area contributed by atoms with E-state index in [-0.39, 0.29) is 49.2 Å². The summed E-state index contributed by atoms with van der Waals surface area (Å²) in [6.45, 7) is 5.44. The number of esters is 2. The number of halogens is 1. The Bertz CT molecular complexity index is 3280. The van der Waals surface area contributed by atoms with E-state index in [1.165, 1.54) is 10.6 Å². The lowest BCUT2D eigenvalue weighted by atomic mass is 9.81. The van der Waals surface area contributed by atoms with Crippen LogP contribution in [0.4, 0.5) is 4.39 Å². The number of amides is 8. The molecule has 24 heteroatoms. The summed E-state index contributed by atoms with van der Waals surface area (Å²) in [5.74, 6) is -8.30. The Kier molecular flexibility index (Phi) is 16.0. The van der Waals surface area contributed by atoms with Crippen LogP contribution in [0.25, 0.3) is 22.3 Å². The average molecular weight is 1080 g/mol. The predicted molar refractivity (Wildman–Crippen MR) is 272 cm³/mol. The average Bonchev–Trinajstić information content (AvgIpc) is 4.12. The van der Waals surface area contributed by atoms with Crippen molar-refractivity contribution in [1.82, 2.24) is 46.4 Å². The zero-order valence-corrected chi connectivity index (χ0v) is 43.4. The molecule has 8 rings (SSSR count). The molecule has 4 aliphatic rings. The van der Waals surface area contributed by atoms with E-state index in [2.05, 4.69) is 31.9 Å². The summed E-state index contributed by atoms with van der Waals surface area (Å²) in [6.07, 6.45) is 1.59. The molecule has 1 aliphatic carbocycles. The molecule has 4 atom stereocenters. The van der Waals surface area contributed by atoms with Crippen LogP contribution >= 0.6 is 0 Å². The third-order valence-electron chi connectivity index (χ3n) is 13.8. The number of pyridine rings is 2. The van der Waals surface area contributed by atoms with Crippen molar-refractivity contribution in [2.75, 3.05) is 26.2 Å². The fraction of sp³-hybridized carbons (Fsp3) is 0.407. The molecular formula is C54H58FN9O14. The van der Waals surface area contributed by atoms with Crippen molar-refractivity contribution in [3.05, 3.63) is 110 Å². The van der Waals surface area contributed by atoms with Gasteiger partial charge >= 0.3 is 11.9 Å². The molecular weight excluding hydrogens is 1020 g/mol. The molecule has 78 heavy (non-hydrogen) atoms. The molecule has 0 saturated carbocycles. The third-order valence-corrected chi connectivity index (χ3v) is 13.8. The second-order valence-corrected chi connectivity index (χ2v) is 20.3. The molecule has 2 aromatic carbocycles. The summed E-state index contributed by atoms with van der Waals surface area (Å²) in [6, 6.07) is 7.95. The molecule has 0 saturated heterocycles. The van der Waals surface area contributed by atoms with E-state index in [9.17, 15) is 57.8 Å². The molecule has 0 bridgehead atoms. The number of hydrogen-bond donors (Lipinski definition) is 7. The SMILES string of the molecule is CC[C@@]1(O)C(=O)OCc2c1cc1n(c2=O)Cc2c-1nc1cc(F)c(C)c3c1c2[C@@H](NC(=O)CNC(=O)[C@H](Cc1ccccc1)NC(=O)CNC(=O)CNC(=O)[C@H](CC(=O)OC(C)(C)C)NC(=O)CCN1C(=O)C=CC1=O)CC3. The highest BCUT2D eigenvalue weighted by molar-refractivity contribution is 6.13. The normalized spacial score (nSPS) is 17.7. The Morgan fingerprint density at radius 3 is 2.19 bits per heavy atom. The van der Waals surface area contributed by atoms with Crippen LogP contribution in [0.3, 0.4) is 0 Å². The number of rotatable bonds is 19. The van der Waals surface area contributed by atoms with Gasteiger partial charge in [0, 0.05) is 54.1 Å². The van der Waals surface area contributed by atoms with Gasteiger partial charge in [-0.05, 0) is 75.3 Å². The van der Waals surface area contributed by atoms with Gasteiger partial charge in [0.15, 0.2) is 5.60 Å². The van der Waals surface area contributed by atoms with Gasteiger partial charge in [0.1, 0.15) is 30.1 Å². The standard InChI is InChI=1S/C54H58FN9O14/c1-6-54(76)32-19-38-48-30(25-64(38)51(74)31(32)26-77-52(54)75)47-34(13-12-29-27(2)33(55)20-35(62-48)46(29)47)59-42(68)24-58-49(72)36(18-28-10-8-7-9-11-28)61-41(67)23-56-40(66)22-57-50(73)37(21-45(71)78-53(3,4)5)60-39(65)16-17-63-43(69)14-15-44(63)70/h7-11,14-15,19-20,34,36-37,76H,6,12-13,16-18,21-26H2,1-5H3,(H,56,66)(H,57,73)(H,58,72)(H,59,68)(H,60,65)(H,61,67)/t34-,36-,37-,54-/m0/s1. The molecule has 3 aliphatic heterocycles. The summed E-state index contributed by atoms with van der Waals surface area (Å²) in [4.78, 5) is 149. The Morgan fingerprint density at radius 2 is 1.51 bits per heavy atom. The van der Waals surface area contributed by atoms with Crippen LogP contribution < -0.4 is 37.5 Å². The van der Waals surface area contributed by atoms with Crippen molar-refractivity contribution in [3.8, 4) is 11.4 Å². The lowest BCUT2D eigenvalue weighted by molar-refractivity contribution is -0.172. The van der Waals surface area contributed by atoms with Crippen LogP contribution in [0.1, 0.15) is 98.4 Å². The van der Waals surface area contributed by atoms with E-state index in [1.807, 2.05) is 0 Å². The highest BCUT2D eigenvalue weighted by atomic mass is 19.1. The van der Waals surface area contributed by atoms with Gasteiger partial charge in [0.05, 0.1) is 61.1 Å². The number of nitrogens with zero attached hydrogens (tertiary/aromatic N) is 3. The highest BCUT2D eigenvalue weighted by Gasteiger charge is 2.46. The van der Waals surface area contributed by atoms with E-state index in [0.29, 0.717) is 57.4 Å². The van der Waals surface area contributed by atoms with Gasteiger partial charge in [0.25, 0.3) is 17.4 Å². The Hall–Kier alpha value is -8.67. The minimum Gasteiger partial charge on any atom is -0.460 e. The lowest BCUT2D eigenvalue weighted by Crippen LogP contribution is -2.53. The summed E-state index contributed by atoms with van der Waals surface area (Å²) in [5.41, 5.74) is 0.463. The van der Waals surface area contributed by atoms with Crippen molar-refractivity contribution >= 4 is 70.1 Å². The van der Waals surface area contributed by atoms with Crippen molar-refractivity contribution < 1.29 is 66.9 Å². The second-order valence-electron chi connectivity index (χ2n) is 20.3. The van der Waals surface area contributed by atoms with E-state index >= 15 is 4.39 Å². The molecule has 4 aromatic rings. The monoisotopic (exact) mass is 1080 g/mol. The number of aryl methyl sites for hydroxylation is 1. The van der Waals surface area contributed by atoms with E-state index in [0.717, 1.165) is 17.1 Å². The number of imide groups is 1. The van der Waals surface area contributed by atoms with Crippen LogP contribution in [0.15, 0.2) is 59.4 Å². The minimum absolute atomic E-state index is 0.00708. The molecule has 2 aromatic heterocycles. The number of carbonyl (C=O) groups excluding carboxylic acids is 10. The maximum absolute atomic E-state index is 15.5. The number of aromatic nitrogens is 2. The summed E-state index contributed by atoms with van der Waals surface area (Å²) >= 11 is 0. The Labute approximate surface area is 445 Å². The van der Waals surface area contributed by atoms with Crippen molar-refractivity contribution in [3.63, 3.8) is 0 Å². The Balaban J connectivity index is 0.908. The quantitative estimate of drug-likeness (QED) is 0.0430. The number of fused-ring (bicyclic) bond motifs is 5. The number of ether oxygens (including phenoxy) is 2. The first-order valence-corrected chi connectivity index (χ1v) is 25.3. The van der Waals surface area contributed by atoms with Crippen LogP contribution in [-0.2, 0) is 89.0 Å². The van der Waals surface area contributed by atoms with Crippen molar-refractivity contribution in [1.29, 1.82) is 0 Å². The number of aliphatic hydroxyl groups is 1. The number of hydrogen-bond acceptors (Lipinski definition) is 15. The largest absolute Gasteiger partial charge is 0.460 e. The third kappa shape index (κ3) is 11.8. The maximum atomic E-state index is 15.5. The fourth-order valence-electron chi connectivity index (χ4n) is 9.96. The van der Waals surface area contributed by atoms with Crippen LogP contribution in [-0.4, -0.2) is 123 Å². The first-order chi connectivity index (χ1) is 37.0. The van der Waals surface area contributed by atoms with Gasteiger partial charge in [0.2, 0.25) is 35.4 Å². The predicted octanol–water partition coefficient (Wildman–Crippen LogP) is 0.238. The number of nitrogens with one attached hydrogen (secondary N) is 6. The molecule has 7 N–H and O–H groups in total. The molecule has 23 nitrogen and oxygen atoms in total. The molecule has 0 unspecified atom stereocenters. The molecule has 8 amide bonds. The van der Waals surface area contributed by atoms with Gasteiger partial charge in [-0.2, -0.15) is 0 Å². The van der Waals surface area contributed by atoms with Crippen LogP contribution in [0.5, 0.6) is 0 Å². The molecule has 0 spiro atoms. The number of benzene rings is 2. The number of carbonyl (C=O) groups is 10. The first-order valence-electron chi connectivity index (χ1n) is 25.3. The van der Waals surface area contributed by atoms with Gasteiger partial charge in [-0.25, -0.2) is 14.2 Å². The fourth-order valence-corrected chi connectivity index (χ4v) is 9.96. The maximum Gasteiger partial charge on any atom is 0.343 e. The van der Waals surface area contributed by atoms with E-state index in [4.69, 9.17) is 14.5 Å². The zero-order valence-electron chi connectivity index (χ0n) is 43.4. The summed E-state index contributed by atoms with van der Waals surface area (Å²) in [7, 11) is 0. The van der Waals surface area contributed by atoms with E-state index in [1.54, 1.807) is 71.0 Å². The smallest absolute Gasteiger partial charge is 0.343 e. The summed E-state index contributed by atoms with van der Waals surface area (Å²) in [5, 5.41) is 27.2. The van der Waals surface area contributed by atoms with Gasteiger partial charge in [-0.15, -0.1) is 0 Å². The van der Waals surface area contributed by atoms with Crippen LogP contribution in [0, 0.1) is 12.7 Å². The zero-order chi connectivity index (χ0) is 56.4.